The molecule has 2 rings (SSSR count). The van der Waals surface area contributed by atoms with Crippen LogP contribution < -0.4 is 15.4 Å². The van der Waals surface area contributed by atoms with Crippen molar-refractivity contribution in [3.63, 3.8) is 0 Å². The molecule has 7 heteroatoms. The second kappa shape index (κ2) is 9.51. The lowest BCUT2D eigenvalue weighted by Crippen LogP contribution is -2.36. The molecule has 0 radical (unpaired) electrons. The van der Waals surface area contributed by atoms with Gasteiger partial charge in [0.15, 0.2) is 5.96 Å². The lowest BCUT2D eigenvalue weighted by molar-refractivity contribution is 0.124. The Hall–Kier alpha value is -1.77. The summed E-state index contributed by atoms with van der Waals surface area (Å²) in [4.78, 5) is 8.49. The molecule has 0 amide bonds. The molecule has 2 N–H and O–H groups in total. The molecule has 132 valence electrons. The van der Waals surface area contributed by atoms with Gasteiger partial charge >= 0.3 is 0 Å². The minimum atomic E-state index is -0.245. The summed E-state index contributed by atoms with van der Waals surface area (Å²) in [6, 6.07) is 7.64. The average molecular weight is 444 g/mol. The van der Waals surface area contributed by atoms with E-state index in [0.717, 1.165) is 11.3 Å². The molecule has 0 aliphatic heterocycles. The maximum Gasteiger partial charge on any atom is 0.213 e. The molecule has 2 aromatic rings. The predicted octanol–water partition coefficient (Wildman–Crippen LogP) is 3.34. The molecule has 0 bridgehead atoms. The number of aliphatic imine (C=N–C) groups is 1. The van der Waals surface area contributed by atoms with Gasteiger partial charge in [-0.05, 0) is 38.5 Å². The molecule has 2 aromatic heterocycles. The van der Waals surface area contributed by atoms with Crippen molar-refractivity contribution in [1.82, 2.24) is 15.6 Å². The SMILES string of the molecule is CN=C(NCc1ccc(OC(C)(C)C)nc1)NCc1ccco1.I. The molecule has 0 atom stereocenters. The Balaban J connectivity index is 0.00000288. The molecular weight excluding hydrogens is 419 g/mol. The number of nitrogens with zero attached hydrogens (tertiary/aromatic N) is 2. The highest BCUT2D eigenvalue weighted by Gasteiger charge is 2.12. The zero-order valence-corrected chi connectivity index (χ0v) is 16.8. The first-order valence-corrected chi connectivity index (χ1v) is 7.57. The topological polar surface area (TPSA) is 71.7 Å². The molecule has 0 unspecified atom stereocenters. The Bertz CT molecular complexity index is 619. The summed E-state index contributed by atoms with van der Waals surface area (Å²) in [5, 5.41) is 6.42. The number of pyridine rings is 1. The van der Waals surface area contributed by atoms with Crippen molar-refractivity contribution < 1.29 is 9.15 Å². The number of ether oxygens (including phenoxy) is 1. The van der Waals surface area contributed by atoms with Crippen molar-refractivity contribution in [2.45, 2.75) is 39.5 Å². The minimum absolute atomic E-state index is 0. The molecule has 0 saturated heterocycles. The van der Waals surface area contributed by atoms with Crippen LogP contribution in [0.15, 0.2) is 46.1 Å². The normalized spacial score (nSPS) is 11.6. The van der Waals surface area contributed by atoms with Crippen LogP contribution in [0.1, 0.15) is 32.1 Å². The zero-order chi connectivity index (χ0) is 16.7. The van der Waals surface area contributed by atoms with Crippen LogP contribution in [0.3, 0.4) is 0 Å². The molecule has 0 saturated carbocycles. The van der Waals surface area contributed by atoms with Crippen molar-refractivity contribution in [3.8, 4) is 5.88 Å². The third-order valence-electron chi connectivity index (χ3n) is 2.90. The van der Waals surface area contributed by atoms with Gasteiger partial charge in [0, 0.05) is 25.9 Å². The van der Waals surface area contributed by atoms with Gasteiger partial charge in [0.2, 0.25) is 5.88 Å². The zero-order valence-electron chi connectivity index (χ0n) is 14.5. The number of hydrogen-bond donors (Lipinski definition) is 2. The highest BCUT2D eigenvalue weighted by molar-refractivity contribution is 14.0. The lowest BCUT2D eigenvalue weighted by Gasteiger charge is -2.20. The van der Waals surface area contributed by atoms with Crippen molar-refractivity contribution in [2.24, 2.45) is 4.99 Å². The number of hydrogen-bond acceptors (Lipinski definition) is 4. The summed E-state index contributed by atoms with van der Waals surface area (Å²) in [7, 11) is 1.73. The van der Waals surface area contributed by atoms with Crippen molar-refractivity contribution in [1.29, 1.82) is 0 Å². The standard InChI is InChI=1S/C17H24N4O2.HI/c1-17(2,3)23-15-8-7-13(10-19-15)11-20-16(18-4)21-12-14-6-5-9-22-14;/h5-10H,11-12H2,1-4H3,(H2,18,20,21);1H. The predicted molar refractivity (Wildman–Crippen MR) is 106 cm³/mol. The number of nitrogens with one attached hydrogen (secondary N) is 2. The minimum Gasteiger partial charge on any atom is -0.472 e. The summed E-state index contributed by atoms with van der Waals surface area (Å²) in [5.74, 6) is 2.19. The first kappa shape index (κ1) is 20.3. The quantitative estimate of drug-likeness (QED) is 0.421. The summed E-state index contributed by atoms with van der Waals surface area (Å²) in [6.45, 7) is 7.21. The van der Waals surface area contributed by atoms with E-state index >= 15 is 0 Å². The summed E-state index contributed by atoms with van der Waals surface area (Å²) in [5.41, 5.74) is 0.803. The molecule has 6 nitrogen and oxygen atoms in total. The monoisotopic (exact) mass is 444 g/mol. The van der Waals surface area contributed by atoms with Gasteiger partial charge in [0.1, 0.15) is 11.4 Å². The fraction of sp³-hybridized carbons (Fsp3) is 0.412. The van der Waals surface area contributed by atoms with Crippen LogP contribution in [0.5, 0.6) is 5.88 Å². The van der Waals surface area contributed by atoms with Crippen LogP contribution in [0.2, 0.25) is 0 Å². The third kappa shape index (κ3) is 7.20. The van der Waals surface area contributed by atoms with Crippen molar-refractivity contribution >= 4 is 29.9 Å². The van der Waals surface area contributed by atoms with Crippen LogP contribution in [-0.2, 0) is 13.1 Å². The maximum atomic E-state index is 5.71. The highest BCUT2D eigenvalue weighted by Crippen LogP contribution is 2.15. The number of furan rings is 1. The van der Waals surface area contributed by atoms with Gasteiger partial charge in [-0.25, -0.2) is 4.98 Å². The van der Waals surface area contributed by atoms with Crippen LogP contribution in [0, 0.1) is 0 Å². The van der Waals surface area contributed by atoms with Gasteiger partial charge < -0.3 is 19.8 Å². The molecule has 0 aliphatic carbocycles. The van der Waals surface area contributed by atoms with Crippen molar-refractivity contribution in [3.05, 3.63) is 48.0 Å². The molecule has 0 aliphatic rings. The molecule has 0 fully saturated rings. The fourth-order valence-electron chi connectivity index (χ4n) is 1.88. The van der Waals surface area contributed by atoms with E-state index in [4.69, 9.17) is 9.15 Å². The molecular formula is C17H25IN4O2. The second-order valence-corrected chi connectivity index (χ2v) is 6.08. The summed E-state index contributed by atoms with van der Waals surface area (Å²) < 4.78 is 11.0. The van der Waals surface area contributed by atoms with Crippen LogP contribution in [0.25, 0.3) is 0 Å². The van der Waals surface area contributed by atoms with E-state index < -0.39 is 0 Å². The van der Waals surface area contributed by atoms with Gasteiger partial charge in [-0.1, -0.05) is 6.07 Å². The highest BCUT2D eigenvalue weighted by atomic mass is 127. The third-order valence-corrected chi connectivity index (χ3v) is 2.90. The maximum absolute atomic E-state index is 5.71. The van der Waals surface area contributed by atoms with E-state index in [-0.39, 0.29) is 29.6 Å². The van der Waals surface area contributed by atoms with Crippen molar-refractivity contribution in [2.75, 3.05) is 7.05 Å². The van der Waals surface area contributed by atoms with Crippen LogP contribution in [0.4, 0.5) is 0 Å². The summed E-state index contributed by atoms with van der Waals surface area (Å²) >= 11 is 0. The number of guanidine groups is 1. The number of halogens is 1. The number of rotatable bonds is 5. The van der Waals surface area contributed by atoms with E-state index in [9.17, 15) is 0 Å². The number of aromatic nitrogens is 1. The van der Waals surface area contributed by atoms with E-state index in [2.05, 4.69) is 20.6 Å². The first-order chi connectivity index (χ1) is 11.0. The Labute approximate surface area is 160 Å². The van der Waals surface area contributed by atoms with Gasteiger partial charge in [-0.2, -0.15) is 0 Å². The Morgan fingerprint density at radius 3 is 2.50 bits per heavy atom. The van der Waals surface area contributed by atoms with Gasteiger partial charge in [0.25, 0.3) is 0 Å². The summed E-state index contributed by atoms with van der Waals surface area (Å²) in [6.07, 6.45) is 3.45. The largest absolute Gasteiger partial charge is 0.472 e. The van der Waals surface area contributed by atoms with Gasteiger partial charge in [0.05, 0.1) is 12.8 Å². The van der Waals surface area contributed by atoms with Crippen LogP contribution in [-0.4, -0.2) is 23.6 Å². The smallest absolute Gasteiger partial charge is 0.213 e. The lowest BCUT2D eigenvalue weighted by atomic mass is 10.2. The molecule has 24 heavy (non-hydrogen) atoms. The van der Waals surface area contributed by atoms with Gasteiger partial charge in [-0.15, -0.1) is 24.0 Å². The first-order valence-electron chi connectivity index (χ1n) is 7.57. The molecule has 2 heterocycles. The Morgan fingerprint density at radius 2 is 1.96 bits per heavy atom. The van der Waals surface area contributed by atoms with E-state index in [1.165, 1.54) is 0 Å². The Kier molecular flexibility index (Phi) is 8.03. The molecule has 0 spiro atoms. The Morgan fingerprint density at radius 1 is 1.21 bits per heavy atom. The van der Waals surface area contributed by atoms with E-state index in [1.54, 1.807) is 19.5 Å². The van der Waals surface area contributed by atoms with Crippen LogP contribution >= 0.6 is 24.0 Å². The second-order valence-electron chi connectivity index (χ2n) is 6.08. The van der Waals surface area contributed by atoms with E-state index in [1.807, 2.05) is 45.0 Å². The van der Waals surface area contributed by atoms with Gasteiger partial charge in [-0.3, -0.25) is 4.99 Å². The van der Waals surface area contributed by atoms with E-state index in [0.29, 0.717) is 24.9 Å². The fourth-order valence-corrected chi connectivity index (χ4v) is 1.88. The average Bonchev–Trinajstić information content (AvgIpc) is 3.01. The molecule has 0 aromatic carbocycles.